The Labute approximate surface area is 141 Å². The van der Waals surface area contributed by atoms with Crippen LogP contribution in [0.15, 0.2) is 53.4 Å². The standard InChI is InChI=1S/C18H20FNO3S/c1-24(22,23)16-7-5-13(6-8-16)17(21)12-20-18(9-10-18)14-3-2-4-15(19)11-14/h2-8,11,17,20-21H,9-10,12H2,1H3. The van der Waals surface area contributed by atoms with Gasteiger partial charge < -0.3 is 10.4 Å². The lowest BCUT2D eigenvalue weighted by Gasteiger charge is -2.21. The van der Waals surface area contributed by atoms with Crippen LogP contribution in [0.3, 0.4) is 0 Å². The molecule has 0 saturated heterocycles. The molecule has 2 N–H and O–H groups in total. The lowest BCUT2D eigenvalue weighted by atomic mass is 10.0. The van der Waals surface area contributed by atoms with Crippen LogP contribution in [0.5, 0.6) is 0 Å². The molecule has 1 unspecified atom stereocenters. The number of hydrogen-bond acceptors (Lipinski definition) is 4. The highest BCUT2D eigenvalue weighted by atomic mass is 32.2. The molecule has 1 aliphatic rings. The number of aliphatic hydroxyl groups excluding tert-OH is 1. The molecule has 0 spiro atoms. The maximum absolute atomic E-state index is 13.4. The third-order valence-corrected chi connectivity index (χ3v) is 5.58. The van der Waals surface area contributed by atoms with Crippen molar-refractivity contribution in [1.29, 1.82) is 0 Å². The molecule has 0 amide bonds. The summed E-state index contributed by atoms with van der Waals surface area (Å²) in [6.07, 6.45) is 2.19. The molecule has 0 radical (unpaired) electrons. The SMILES string of the molecule is CS(=O)(=O)c1ccc(C(O)CNC2(c3cccc(F)c3)CC2)cc1. The Morgan fingerprint density at radius 3 is 2.42 bits per heavy atom. The summed E-state index contributed by atoms with van der Waals surface area (Å²) in [5, 5.41) is 13.6. The Morgan fingerprint density at radius 2 is 1.88 bits per heavy atom. The van der Waals surface area contributed by atoms with Gasteiger partial charge in [0.15, 0.2) is 9.84 Å². The Morgan fingerprint density at radius 1 is 1.21 bits per heavy atom. The molecular weight excluding hydrogens is 329 g/mol. The van der Waals surface area contributed by atoms with E-state index in [0.29, 0.717) is 12.1 Å². The van der Waals surface area contributed by atoms with E-state index in [1.807, 2.05) is 6.07 Å². The van der Waals surface area contributed by atoms with E-state index in [1.165, 1.54) is 24.3 Å². The molecule has 0 heterocycles. The number of rotatable bonds is 6. The van der Waals surface area contributed by atoms with Crippen LogP contribution < -0.4 is 5.32 Å². The fraction of sp³-hybridized carbons (Fsp3) is 0.333. The molecular formula is C18H20FNO3S. The lowest BCUT2D eigenvalue weighted by molar-refractivity contribution is 0.168. The molecule has 6 heteroatoms. The highest BCUT2D eigenvalue weighted by molar-refractivity contribution is 7.90. The van der Waals surface area contributed by atoms with Gasteiger partial charge in [-0.15, -0.1) is 0 Å². The zero-order chi connectivity index (χ0) is 17.4. The van der Waals surface area contributed by atoms with E-state index in [2.05, 4.69) is 5.32 Å². The number of hydrogen-bond donors (Lipinski definition) is 2. The first-order valence-corrected chi connectivity index (χ1v) is 9.68. The van der Waals surface area contributed by atoms with Crippen LogP contribution in [-0.2, 0) is 15.4 Å². The molecule has 0 aromatic heterocycles. The van der Waals surface area contributed by atoms with Crippen molar-refractivity contribution in [2.45, 2.75) is 29.4 Å². The van der Waals surface area contributed by atoms with Gasteiger partial charge in [-0.3, -0.25) is 0 Å². The fourth-order valence-electron chi connectivity index (χ4n) is 2.83. The summed E-state index contributed by atoms with van der Waals surface area (Å²) in [6, 6.07) is 12.7. The van der Waals surface area contributed by atoms with E-state index >= 15 is 0 Å². The van der Waals surface area contributed by atoms with Crippen LogP contribution in [0.1, 0.15) is 30.1 Å². The predicted molar refractivity (Wildman–Crippen MR) is 89.8 cm³/mol. The normalized spacial score (nSPS) is 17.5. The van der Waals surface area contributed by atoms with Crippen molar-refractivity contribution in [3.05, 3.63) is 65.5 Å². The van der Waals surface area contributed by atoms with Gasteiger partial charge in [-0.2, -0.15) is 0 Å². The molecule has 1 atom stereocenters. The van der Waals surface area contributed by atoms with Crippen molar-refractivity contribution in [2.24, 2.45) is 0 Å². The maximum Gasteiger partial charge on any atom is 0.175 e. The zero-order valence-corrected chi connectivity index (χ0v) is 14.2. The van der Waals surface area contributed by atoms with Crippen LogP contribution in [-0.4, -0.2) is 26.3 Å². The number of aliphatic hydroxyl groups is 1. The summed E-state index contributed by atoms with van der Waals surface area (Å²) in [6.45, 7) is 0.314. The Balaban J connectivity index is 1.66. The van der Waals surface area contributed by atoms with Crippen molar-refractivity contribution >= 4 is 9.84 Å². The van der Waals surface area contributed by atoms with Crippen LogP contribution in [0, 0.1) is 5.82 Å². The van der Waals surface area contributed by atoms with E-state index < -0.39 is 15.9 Å². The minimum atomic E-state index is -3.24. The van der Waals surface area contributed by atoms with Gasteiger partial charge in [-0.25, -0.2) is 12.8 Å². The molecule has 0 bridgehead atoms. The summed E-state index contributed by atoms with van der Waals surface area (Å²) < 4.78 is 36.3. The van der Waals surface area contributed by atoms with Crippen molar-refractivity contribution < 1.29 is 17.9 Å². The molecule has 2 aromatic carbocycles. The third-order valence-electron chi connectivity index (χ3n) is 4.45. The average molecular weight is 349 g/mol. The summed E-state index contributed by atoms with van der Waals surface area (Å²) in [5.74, 6) is -0.266. The van der Waals surface area contributed by atoms with Gasteiger partial charge >= 0.3 is 0 Å². The molecule has 4 nitrogen and oxygen atoms in total. The molecule has 1 saturated carbocycles. The summed E-state index contributed by atoms with van der Waals surface area (Å²) >= 11 is 0. The van der Waals surface area contributed by atoms with Gasteiger partial charge in [-0.1, -0.05) is 24.3 Å². The first-order valence-electron chi connectivity index (χ1n) is 7.79. The molecule has 24 heavy (non-hydrogen) atoms. The third kappa shape index (κ3) is 3.66. The smallest absolute Gasteiger partial charge is 0.175 e. The van der Waals surface area contributed by atoms with E-state index in [1.54, 1.807) is 18.2 Å². The molecule has 0 aliphatic heterocycles. The summed E-state index contributed by atoms with van der Waals surface area (Å²) in [4.78, 5) is 0.227. The number of sulfone groups is 1. The van der Waals surface area contributed by atoms with Gasteiger partial charge in [0, 0.05) is 18.3 Å². The second-order valence-electron chi connectivity index (χ2n) is 6.33. The molecule has 3 rings (SSSR count). The lowest BCUT2D eigenvalue weighted by Crippen LogP contribution is -2.32. The first kappa shape index (κ1) is 17.1. The average Bonchev–Trinajstić information content (AvgIpc) is 3.33. The second kappa shape index (κ2) is 6.27. The highest BCUT2D eigenvalue weighted by Gasteiger charge is 2.44. The van der Waals surface area contributed by atoms with E-state index in [-0.39, 0.29) is 16.3 Å². The Kier molecular flexibility index (Phi) is 4.46. The number of halogens is 1. The number of benzene rings is 2. The van der Waals surface area contributed by atoms with Crippen molar-refractivity contribution in [3.8, 4) is 0 Å². The monoisotopic (exact) mass is 349 g/mol. The van der Waals surface area contributed by atoms with Gasteiger partial charge in [0.1, 0.15) is 5.82 Å². The second-order valence-corrected chi connectivity index (χ2v) is 8.35. The van der Waals surface area contributed by atoms with Gasteiger partial charge in [-0.05, 0) is 48.2 Å². The van der Waals surface area contributed by atoms with Crippen LogP contribution in [0.4, 0.5) is 4.39 Å². The largest absolute Gasteiger partial charge is 0.387 e. The summed E-state index contributed by atoms with van der Waals surface area (Å²) in [7, 11) is -3.24. The van der Waals surface area contributed by atoms with Gasteiger partial charge in [0.2, 0.25) is 0 Å². The molecule has 1 aliphatic carbocycles. The summed E-state index contributed by atoms with van der Waals surface area (Å²) in [5.41, 5.74) is 1.27. The fourth-order valence-corrected chi connectivity index (χ4v) is 3.46. The van der Waals surface area contributed by atoms with Crippen molar-refractivity contribution in [3.63, 3.8) is 0 Å². The van der Waals surface area contributed by atoms with Crippen LogP contribution >= 0.6 is 0 Å². The topological polar surface area (TPSA) is 66.4 Å². The Bertz CT molecular complexity index is 830. The first-order chi connectivity index (χ1) is 11.3. The van der Waals surface area contributed by atoms with Crippen LogP contribution in [0.25, 0.3) is 0 Å². The van der Waals surface area contributed by atoms with Gasteiger partial charge in [0.25, 0.3) is 0 Å². The maximum atomic E-state index is 13.4. The quantitative estimate of drug-likeness (QED) is 0.841. The van der Waals surface area contributed by atoms with E-state index in [0.717, 1.165) is 24.7 Å². The molecule has 2 aromatic rings. The zero-order valence-electron chi connectivity index (χ0n) is 13.4. The van der Waals surface area contributed by atoms with Gasteiger partial charge in [0.05, 0.1) is 11.0 Å². The minimum absolute atomic E-state index is 0.227. The predicted octanol–water partition coefficient (Wildman–Crippen LogP) is 2.54. The Hall–Kier alpha value is -1.76. The molecule has 1 fully saturated rings. The van der Waals surface area contributed by atoms with Crippen LogP contribution in [0.2, 0.25) is 0 Å². The van der Waals surface area contributed by atoms with Crippen molar-refractivity contribution in [2.75, 3.05) is 12.8 Å². The van der Waals surface area contributed by atoms with Crippen molar-refractivity contribution in [1.82, 2.24) is 5.32 Å². The minimum Gasteiger partial charge on any atom is -0.387 e. The highest BCUT2D eigenvalue weighted by Crippen LogP contribution is 2.45. The van der Waals surface area contributed by atoms with E-state index in [9.17, 15) is 17.9 Å². The number of nitrogens with one attached hydrogen (secondary N) is 1. The van der Waals surface area contributed by atoms with E-state index in [4.69, 9.17) is 0 Å². The molecule has 128 valence electrons.